The molecule has 1 aromatic heterocycles. The van der Waals surface area contributed by atoms with Crippen LogP contribution in [-0.4, -0.2) is 33.2 Å². The second-order valence-corrected chi connectivity index (χ2v) is 5.86. The minimum Gasteiger partial charge on any atom is -0.370 e. The van der Waals surface area contributed by atoms with Crippen LogP contribution in [0, 0.1) is 16.0 Å². The lowest BCUT2D eigenvalue weighted by molar-refractivity contribution is -0.385. The van der Waals surface area contributed by atoms with Gasteiger partial charge in [-0.2, -0.15) is 5.10 Å². The van der Waals surface area contributed by atoms with Gasteiger partial charge in [-0.1, -0.05) is 26.7 Å². The summed E-state index contributed by atoms with van der Waals surface area (Å²) in [6.45, 7) is 7.40. The third-order valence-electron chi connectivity index (χ3n) is 3.25. The molecule has 0 aromatic carbocycles. The Balaban J connectivity index is 2.28. The van der Waals surface area contributed by atoms with Crippen LogP contribution in [0.4, 0.5) is 5.69 Å². The number of nitrogens with one attached hydrogen (secondary N) is 1. The first-order valence-electron chi connectivity index (χ1n) is 7.61. The summed E-state index contributed by atoms with van der Waals surface area (Å²) in [7, 11) is 0. The molecule has 0 saturated heterocycles. The van der Waals surface area contributed by atoms with Gasteiger partial charge in [0, 0.05) is 6.04 Å². The van der Waals surface area contributed by atoms with Gasteiger partial charge in [0.25, 0.3) is 0 Å². The van der Waals surface area contributed by atoms with Gasteiger partial charge in [0.15, 0.2) is 5.96 Å². The van der Waals surface area contributed by atoms with Crippen molar-refractivity contribution in [1.82, 2.24) is 15.1 Å². The van der Waals surface area contributed by atoms with Crippen LogP contribution in [0.25, 0.3) is 0 Å². The molecule has 0 aliphatic carbocycles. The Kier molecular flexibility index (Phi) is 7.34. The van der Waals surface area contributed by atoms with E-state index in [1.54, 1.807) is 0 Å². The number of rotatable bonds is 9. The van der Waals surface area contributed by atoms with Gasteiger partial charge in [-0.15, -0.1) is 0 Å². The van der Waals surface area contributed by atoms with Crippen molar-refractivity contribution in [1.29, 1.82) is 0 Å². The van der Waals surface area contributed by atoms with Crippen molar-refractivity contribution < 1.29 is 4.92 Å². The second kappa shape index (κ2) is 9.01. The first-order chi connectivity index (χ1) is 10.4. The number of hydrogen-bond acceptors (Lipinski definition) is 4. The van der Waals surface area contributed by atoms with Crippen LogP contribution in [-0.2, 0) is 6.54 Å². The summed E-state index contributed by atoms with van der Waals surface area (Å²) >= 11 is 0. The molecule has 0 aliphatic rings. The van der Waals surface area contributed by atoms with Crippen LogP contribution in [0.15, 0.2) is 17.4 Å². The normalized spacial score (nSPS) is 13.4. The van der Waals surface area contributed by atoms with E-state index in [4.69, 9.17) is 5.73 Å². The molecule has 1 rings (SSSR count). The van der Waals surface area contributed by atoms with E-state index in [9.17, 15) is 10.1 Å². The fourth-order valence-electron chi connectivity index (χ4n) is 2.04. The smallest absolute Gasteiger partial charge is 0.306 e. The molecule has 3 N–H and O–H groups in total. The van der Waals surface area contributed by atoms with Crippen LogP contribution < -0.4 is 11.1 Å². The Labute approximate surface area is 130 Å². The molecule has 0 bridgehead atoms. The summed E-state index contributed by atoms with van der Waals surface area (Å²) in [6, 6.07) is 0.285. The maximum Gasteiger partial charge on any atom is 0.306 e. The molecule has 1 aromatic rings. The zero-order valence-electron chi connectivity index (χ0n) is 13.5. The SMILES string of the molecule is CC(C)CCCC(C)NC(N)=NCCn1cc([N+](=O)[O-])cn1. The Morgan fingerprint density at radius 3 is 2.82 bits per heavy atom. The van der Waals surface area contributed by atoms with Crippen molar-refractivity contribution in [2.45, 2.75) is 52.6 Å². The van der Waals surface area contributed by atoms with Crippen molar-refractivity contribution >= 4 is 11.6 Å². The van der Waals surface area contributed by atoms with Gasteiger partial charge in [-0.25, -0.2) is 0 Å². The van der Waals surface area contributed by atoms with Gasteiger partial charge in [-0.3, -0.25) is 19.8 Å². The molecule has 0 amide bonds. The number of hydrogen-bond donors (Lipinski definition) is 2. The molecule has 1 atom stereocenters. The van der Waals surface area contributed by atoms with Gasteiger partial charge < -0.3 is 11.1 Å². The minimum atomic E-state index is -0.471. The standard InChI is InChI=1S/C14H26N6O2/c1-11(2)5-4-6-12(3)18-14(15)16-7-8-19-10-13(9-17-19)20(21)22/h9-12H,4-8H2,1-3H3,(H3,15,16,18). The molecule has 124 valence electrons. The third kappa shape index (κ3) is 7.05. The molecule has 22 heavy (non-hydrogen) atoms. The zero-order valence-corrected chi connectivity index (χ0v) is 13.5. The molecule has 0 spiro atoms. The Bertz CT molecular complexity index is 497. The van der Waals surface area contributed by atoms with E-state index < -0.39 is 4.92 Å². The third-order valence-corrected chi connectivity index (χ3v) is 3.25. The maximum absolute atomic E-state index is 10.5. The first-order valence-corrected chi connectivity index (χ1v) is 7.61. The monoisotopic (exact) mass is 310 g/mol. The van der Waals surface area contributed by atoms with Crippen LogP contribution in [0.2, 0.25) is 0 Å². The lowest BCUT2D eigenvalue weighted by Gasteiger charge is -2.15. The molecule has 0 fully saturated rings. The van der Waals surface area contributed by atoms with Crippen molar-refractivity contribution in [2.75, 3.05) is 6.54 Å². The van der Waals surface area contributed by atoms with E-state index in [2.05, 4.69) is 36.2 Å². The average molecular weight is 310 g/mol. The fourth-order valence-corrected chi connectivity index (χ4v) is 2.04. The van der Waals surface area contributed by atoms with Crippen LogP contribution in [0.3, 0.4) is 0 Å². The molecule has 1 unspecified atom stereocenters. The van der Waals surface area contributed by atoms with Crippen molar-refractivity contribution in [2.24, 2.45) is 16.6 Å². The van der Waals surface area contributed by atoms with Crippen molar-refractivity contribution in [3.05, 3.63) is 22.5 Å². The van der Waals surface area contributed by atoms with E-state index in [1.807, 2.05) is 0 Å². The fraction of sp³-hybridized carbons (Fsp3) is 0.714. The lowest BCUT2D eigenvalue weighted by Crippen LogP contribution is -2.38. The molecular weight excluding hydrogens is 284 g/mol. The molecule has 0 aliphatic heterocycles. The van der Waals surface area contributed by atoms with Crippen LogP contribution >= 0.6 is 0 Å². The first kappa shape index (κ1) is 17.9. The van der Waals surface area contributed by atoms with Crippen LogP contribution in [0.1, 0.15) is 40.0 Å². The summed E-state index contributed by atoms with van der Waals surface area (Å²) in [5.74, 6) is 1.12. The van der Waals surface area contributed by atoms with Gasteiger partial charge in [0.05, 0.1) is 18.0 Å². The molecular formula is C14H26N6O2. The highest BCUT2D eigenvalue weighted by Crippen LogP contribution is 2.08. The average Bonchev–Trinajstić information content (AvgIpc) is 2.87. The zero-order chi connectivity index (χ0) is 16.5. The van der Waals surface area contributed by atoms with E-state index >= 15 is 0 Å². The molecule has 8 nitrogen and oxygen atoms in total. The van der Waals surface area contributed by atoms with Crippen molar-refractivity contribution in [3.8, 4) is 0 Å². The van der Waals surface area contributed by atoms with Crippen LogP contribution in [0.5, 0.6) is 0 Å². The topological polar surface area (TPSA) is 111 Å². The molecule has 0 saturated carbocycles. The highest BCUT2D eigenvalue weighted by Gasteiger charge is 2.08. The Hall–Kier alpha value is -2.12. The number of nitro groups is 1. The number of aromatic nitrogens is 2. The predicted octanol–water partition coefficient (Wildman–Crippen LogP) is 1.91. The summed E-state index contributed by atoms with van der Waals surface area (Å²) in [4.78, 5) is 14.3. The summed E-state index contributed by atoms with van der Waals surface area (Å²) in [6.07, 6.45) is 6.03. The quantitative estimate of drug-likeness (QED) is 0.313. The summed E-state index contributed by atoms with van der Waals surface area (Å²) in [5.41, 5.74) is 5.81. The van der Waals surface area contributed by atoms with E-state index in [1.165, 1.54) is 23.5 Å². The number of aliphatic imine (C=N–C) groups is 1. The Morgan fingerprint density at radius 1 is 1.50 bits per heavy atom. The Morgan fingerprint density at radius 2 is 2.23 bits per heavy atom. The minimum absolute atomic E-state index is 0.0196. The molecule has 0 radical (unpaired) electrons. The second-order valence-electron chi connectivity index (χ2n) is 5.86. The number of nitrogens with zero attached hydrogens (tertiary/aromatic N) is 4. The number of guanidine groups is 1. The maximum atomic E-state index is 10.5. The molecule has 1 heterocycles. The largest absolute Gasteiger partial charge is 0.370 e. The van der Waals surface area contributed by atoms with Gasteiger partial charge in [0.2, 0.25) is 0 Å². The lowest BCUT2D eigenvalue weighted by atomic mass is 10.0. The highest BCUT2D eigenvalue weighted by molar-refractivity contribution is 5.78. The summed E-state index contributed by atoms with van der Waals surface area (Å²) in [5, 5.41) is 17.6. The van der Waals surface area contributed by atoms with E-state index in [0.29, 0.717) is 19.0 Å². The van der Waals surface area contributed by atoms with Gasteiger partial charge >= 0.3 is 5.69 Å². The summed E-state index contributed by atoms with van der Waals surface area (Å²) < 4.78 is 1.49. The molecule has 8 heteroatoms. The highest BCUT2D eigenvalue weighted by atomic mass is 16.6. The number of nitrogens with two attached hydrogens (primary N) is 1. The van der Waals surface area contributed by atoms with Crippen molar-refractivity contribution in [3.63, 3.8) is 0 Å². The van der Waals surface area contributed by atoms with Gasteiger partial charge in [0.1, 0.15) is 12.4 Å². The van der Waals surface area contributed by atoms with E-state index in [0.717, 1.165) is 18.8 Å². The van der Waals surface area contributed by atoms with Gasteiger partial charge in [-0.05, 0) is 19.3 Å². The van der Waals surface area contributed by atoms with E-state index in [-0.39, 0.29) is 11.7 Å². The predicted molar refractivity (Wildman–Crippen MR) is 86.7 cm³/mol.